The van der Waals surface area contributed by atoms with Gasteiger partial charge in [0.05, 0.1) is 11.7 Å². The van der Waals surface area contributed by atoms with E-state index < -0.39 is 12.8 Å². The van der Waals surface area contributed by atoms with Crippen LogP contribution in [0.2, 0.25) is 0 Å². The Hall–Kier alpha value is -4.45. The number of ether oxygens (including phenoxy) is 2. The molecule has 0 unspecified atom stereocenters. The fourth-order valence-electron chi connectivity index (χ4n) is 7.37. The average Bonchev–Trinajstić information content (AvgIpc) is 3.54. The quantitative estimate of drug-likeness (QED) is 0.227. The van der Waals surface area contributed by atoms with Crippen LogP contribution in [0, 0.1) is 12.3 Å². The number of piperidine rings is 1. The first-order valence-corrected chi connectivity index (χ1v) is 16.0. The predicted octanol–water partition coefficient (Wildman–Crippen LogP) is 6.57. The highest BCUT2D eigenvalue weighted by atomic mass is 19.4. The van der Waals surface area contributed by atoms with E-state index in [0.29, 0.717) is 91.5 Å². The van der Waals surface area contributed by atoms with E-state index in [9.17, 15) is 18.0 Å². The van der Waals surface area contributed by atoms with Gasteiger partial charge in [-0.1, -0.05) is 25.3 Å². The molecule has 0 saturated carbocycles. The fraction of sp³-hybridized carbons (Fsp3) is 0.429. The summed E-state index contributed by atoms with van der Waals surface area (Å²) in [6, 6.07) is 5.73. The van der Waals surface area contributed by atoms with E-state index in [1.54, 1.807) is 12.3 Å². The number of benzene rings is 2. The summed E-state index contributed by atoms with van der Waals surface area (Å²) in [6.45, 7) is 12.0. The Balaban J connectivity index is 1.41. The van der Waals surface area contributed by atoms with Crippen molar-refractivity contribution in [1.29, 1.82) is 0 Å². The lowest BCUT2D eigenvalue weighted by atomic mass is 9.72. The molecular formula is C35H37F3N6O3. The summed E-state index contributed by atoms with van der Waals surface area (Å²) in [5, 5.41) is 8.56. The Morgan fingerprint density at radius 1 is 1.13 bits per heavy atom. The Bertz CT molecular complexity index is 1860. The minimum Gasteiger partial charge on any atom is -0.481 e. The molecule has 3 fully saturated rings. The van der Waals surface area contributed by atoms with Crippen molar-refractivity contribution in [2.45, 2.75) is 44.7 Å². The first-order valence-electron chi connectivity index (χ1n) is 16.0. The Morgan fingerprint density at radius 3 is 2.55 bits per heavy atom. The molecule has 47 heavy (non-hydrogen) atoms. The van der Waals surface area contributed by atoms with Gasteiger partial charge in [0.25, 0.3) is 0 Å². The number of anilines is 1. The molecule has 2 aromatic carbocycles. The summed E-state index contributed by atoms with van der Waals surface area (Å²) in [5.74, 6) is 1.24. The average molecular weight is 647 g/mol. The molecule has 0 atom stereocenters. The predicted molar refractivity (Wildman–Crippen MR) is 174 cm³/mol. The molecule has 0 bridgehead atoms. The number of fused-ring (bicyclic) bond motifs is 2. The standard InChI is InChI=1S/C35H37F3N6O3/c1-4-22-16-24-30(31(47-20-35(36,37)38)29(22)28-21(3)6-7-26-25(28)17-39-42-26)40-32(23-8-14-46-15-9-23)41-33(24)43-12-10-34(11-13-43)18-44(19-34)27(45)5-2/h4-7,16-17,23H,1-2,8-15,18-20H2,3H3,(H,39,42). The topological polar surface area (TPSA) is 96.5 Å². The first-order chi connectivity index (χ1) is 22.6. The van der Waals surface area contributed by atoms with Gasteiger partial charge in [0.2, 0.25) is 5.91 Å². The van der Waals surface area contributed by atoms with Gasteiger partial charge in [-0.25, -0.2) is 9.97 Å². The summed E-state index contributed by atoms with van der Waals surface area (Å²) in [4.78, 5) is 26.3. The number of hydrogen-bond acceptors (Lipinski definition) is 7. The van der Waals surface area contributed by atoms with Crippen LogP contribution in [0.3, 0.4) is 0 Å². The van der Waals surface area contributed by atoms with Gasteiger partial charge in [0, 0.05) is 67.1 Å². The first kappa shape index (κ1) is 31.2. The highest BCUT2D eigenvalue weighted by molar-refractivity contribution is 6.07. The van der Waals surface area contributed by atoms with Crippen molar-refractivity contribution >= 4 is 39.6 Å². The van der Waals surface area contributed by atoms with Crippen LogP contribution >= 0.6 is 0 Å². The van der Waals surface area contributed by atoms with Crippen molar-refractivity contribution in [1.82, 2.24) is 25.1 Å². The molecular weight excluding hydrogens is 609 g/mol. The summed E-state index contributed by atoms with van der Waals surface area (Å²) in [7, 11) is 0. The molecule has 3 aliphatic heterocycles. The fourth-order valence-corrected chi connectivity index (χ4v) is 7.37. The second kappa shape index (κ2) is 12.0. The molecule has 0 aliphatic carbocycles. The van der Waals surface area contributed by atoms with E-state index in [1.807, 2.05) is 30.0 Å². The smallest absolute Gasteiger partial charge is 0.422 e. The van der Waals surface area contributed by atoms with E-state index in [4.69, 9.17) is 19.4 Å². The summed E-state index contributed by atoms with van der Waals surface area (Å²) in [5.41, 5.74) is 3.80. The SMILES string of the molecule is C=CC(=O)N1CC2(CCN(c3nc(C4CCOCC4)nc4c(OCC(F)(F)F)c(-c5c(C)ccc6[nH]ncc56)c(C=C)cc34)CC2)C1. The molecule has 1 amide bonds. The minimum atomic E-state index is -4.57. The maximum atomic E-state index is 13.8. The van der Waals surface area contributed by atoms with Gasteiger partial charge in [0.1, 0.15) is 17.2 Å². The zero-order chi connectivity index (χ0) is 32.9. The van der Waals surface area contributed by atoms with Crippen molar-refractivity contribution in [2.24, 2.45) is 5.41 Å². The van der Waals surface area contributed by atoms with Crippen LogP contribution in [0.25, 0.3) is 39.0 Å². The lowest BCUT2D eigenvalue weighted by Gasteiger charge is -2.54. The van der Waals surface area contributed by atoms with Gasteiger partial charge in [-0.05, 0) is 67.5 Å². The number of aromatic amines is 1. The van der Waals surface area contributed by atoms with Gasteiger partial charge in [-0.2, -0.15) is 18.3 Å². The van der Waals surface area contributed by atoms with Gasteiger partial charge in [0.15, 0.2) is 12.4 Å². The maximum absolute atomic E-state index is 13.8. The number of nitrogens with one attached hydrogen (secondary N) is 1. The second-order valence-electron chi connectivity index (χ2n) is 12.9. The summed E-state index contributed by atoms with van der Waals surface area (Å²) >= 11 is 0. The largest absolute Gasteiger partial charge is 0.481 e. The van der Waals surface area contributed by atoms with E-state index in [1.165, 1.54) is 6.08 Å². The third kappa shape index (κ3) is 5.72. The number of amides is 1. The van der Waals surface area contributed by atoms with Crippen LogP contribution in [-0.4, -0.2) is 83.1 Å². The molecule has 1 N–H and O–H groups in total. The molecule has 9 nitrogen and oxygen atoms in total. The van der Waals surface area contributed by atoms with Gasteiger partial charge >= 0.3 is 6.18 Å². The number of carbonyl (C=O) groups excluding carboxylic acids is 1. The van der Waals surface area contributed by atoms with Crippen LogP contribution < -0.4 is 9.64 Å². The monoisotopic (exact) mass is 646 g/mol. The van der Waals surface area contributed by atoms with E-state index in [-0.39, 0.29) is 23.0 Å². The molecule has 0 radical (unpaired) electrons. The highest BCUT2D eigenvalue weighted by Crippen LogP contribution is 2.48. The van der Waals surface area contributed by atoms with E-state index in [2.05, 4.69) is 28.3 Å². The molecule has 7 rings (SSSR count). The molecule has 2 aromatic heterocycles. The third-order valence-electron chi connectivity index (χ3n) is 9.90. The van der Waals surface area contributed by atoms with Crippen molar-refractivity contribution in [3.05, 3.63) is 60.6 Å². The number of hydrogen-bond donors (Lipinski definition) is 1. The van der Waals surface area contributed by atoms with E-state index >= 15 is 0 Å². The number of halogens is 3. The van der Waals surface area contributed by atoms with Crippen molar-refractivity contribution in [2.75, 3.05) is 50.9 Å². The van der Waals surface area contributed by atoms with Crippen LogP contribution in [0.5, 0.6) is 5.75 Å². The van der Waals surface area contributed by atoms with Gasteiger partial charge in [-0.3, -0.25) is 9.89 Å². The summed E-state index contributed by atoms with van der Waals surface area (Å²) in [6.07, 6.45) is 3.24. The van der Waals surface area contributed by atoms with Crippen molar-refractivity contribution in [3.8, 4) is 16.9 Å². The van der Waals surface area contributed by atoms with Crippen LogP contribution in [0.4, 0.5) is 19.0 Å². The molecule has 246 valence electrons. The zero-order valence-corrected chi connectivity index (χ0v) is 26.3. The van der Waals surface area contributed by atoms with Crippen molar-refractivity contribution < 1.29 is 27.4 Å². The molecule has 4 aromatic rings. The van der Waals surface area contributed by atoms with Crippen LogP contribution in [-0.2, 0) is 9.53 Å². The summed E-state index contributed by atoms with van der Waals surface area (Å²) < 4.78 is 53.0. The Morgan fingerprint density at radius 2 is 1.87 bits per heavy atom. The number of carbonyl (C=O) groups is 1. The van der Waals surface area contributed by atoms with Gasteiger partial charge in [-0.15, -0.1) is 0 Å². The number of H-pyrrole nitrogens is 1. The second-order valence-corrected chi connectivity index (χ2v) is 12.9. The van der Waals surface area contributed by atoms with Crippen molar-refractivity contribution in [3.63, 3.8) is 0 Å². The lowest BCUT2D eigenvalue weighted by molar-refractivity contribution is -0.153. The molecule has 5 heterocycles. The molecule has 12 heteroatoms. The lowest BCUT2D eigenvalue weighted by Crippen LogP contribution is -2.61. The maximum Gasteiger partial charge on any atom is 0.422 e. The molecule has 3 saturated heterocycles. The third-order valence-corrected chi connectivity index (χ3v) is 9.90. The van der Waals surface area contributed by atoms with Crippen LogP contribution in [0.15, 0.2) is 43.6 Å². The highest BCUT2D eigenvalue weighted by Gasteiger charge is 2.46. The van der Waals surface area contributed by atoms with E-state index in [0.717, 1.165) is 29.3 Å². The molecule has 1 spiro atoms. The van der Waals surface area contributed by atoms with Crippen LogP contribution in [0.1, 0.15) is 48.6 Å². The number of aromatic nitrogens is 4. The zero-order valence-electron chi connectivity index (χ0n) is 26.3. The Labute approximate surface area is 270 Å². The number of rotatable bonds is 7. The number of alkyl halides is 3. The number of nitrogens with zero attached hydrogens (tertiary/aromatic N) is 5. The Kier molecular flexibility index (Phi) is 7.94. The minimum absolute atomic E-state index is 0.00909. The number of likely N-dealkylation sites (tertiary alicyclic amines) is 1. The van der Waals surface area contributed by atoms with Gasteiger partial charge < -0.3 is 19.3 Å². The molecule has 3 aliphatic rings. The number of aryl methyl sites for hydroxylation is 1. The normalized spacial score (nSPS) is 18.5.